The number of rotatable bonds is 1. The molecule has 0 unspecified atom stereocenters. The number of hydrogen-bond acceptors (Lipinski definition) is 3. The third-order valence-electron chi connectivity index (χ3n) is 3.55. The van der Waals surface area contributed by atoms with Crippen LogP contribution < -0.4 is 10.3 Å². The van der Waals surface area contributed by atoms with E-state index < -0.39 is 0 Å². The number of anilines is 1. The summed E-state index contributed by atoms with van der Waals surface area (Å²) in [6.45, 7) is 1.10. The highest BCUT2D eigenvalue weighted by molar-refractivity contribution is 7.15. The third kappa shape index (κ3) is 2.68. The molecule has 2 aliphatic rings. The van der Waals surface area contributed by atoms with Crippen molar-refractivity contribution in [2.24, 2.45) is 0 Å². The molecule has 2 heterocycles. The SMILES string of the molecule is C1CC[NH+]=C(Nc2nc3c(s2)CCCC3)CC1. The lowest BCUT2D eigenvalue weighted by molar-refractivity contribution is -0.457. The fourth-order valence-corrected chi connectivity index (χ4v) is 3.65. The highest BCUT2D eigenvalue weighted by Crippen LogP contribution is 2.29. The van der Waals surface area contributed by atoms with Crippen molar-refractivity contribution in [2.75, 3.05) is 11.9 Å². The van der Waals surface area contributed by atoms with Crippen LogP contribution in [0.1, 0.15) is 49.1 Å². The van der Waals surface area contributed by atoms with E-state index in [4.69, 9.17) is 4.98 Å². The standard InChI is InChI=1S/C13H19N3S/c1-2-8-12(14-9-5-1)16-13-15-10-6-3-4-7-11(10)17-13/h1-9H2,(H,14,15,16)/p+1. The Balaban J connectivity index is 1.71. The number of aromatic nitrogens is 1. The first-order valence-corrected chi connectivity index (χ1v) is 7.59. The van der Waals surface area contributed by atoms with E-state index in [-0.39, 0.29) is 0 Å². The van der Waals surface area contributed by atoms with E-state index in [0.29, 0.717) is 0 Å². The van der Waals surface area contributed by atoms with Crippen LogP contribution in [0.3, 0.4) is 0 Å². The molecule has 0 aromatic carbocycles. The Labute approximate surface area is 106 Å². The molecule has 1 aliphatic carbocycles. The van der Waals surface area contributed by atoms with Crippen molar-refractivity contribution in [1.82, 2.24) is 4.98 Å². The molecule has 1 aliphatic heterocycles. The molecule has 4 heteroatoms. The average molecular weight is 250 g/mol. The molecule has 0 radical (unpaired) electrons. The van der Waals surface area contributed by atoms with Crippen LogP contribution in [0.2, 0.25) is 0 Å². The van der Waals surface area contributed by atoms with Gasteiger partial charge in [0.25, 0.3) is 5.13 Å². The zero-order chi connectivity index (χ0) is 11.5. The lowest BCUT2D eigenvalue weighted by atomic mass is 10.0. The van der Waals surface area contributed by atoms with Crippen LogP contribution in [0, 0.1) is 0 Å². The zero-order valence-electron chi connectivity index (χ0n) is 10.2. The maximum absolute atomic E-state index is 4.72. The van der Waals surface area contributed by atoms with Gasteiger partial charge in [0, 0.05) is 11.3 Å². The van der Waals surface area contributed by atoms with Gasteiger partial charge < -0.3 is 0 Å². The Hall–Kier alpha value is -0.900. The lowest BCUT2D eigenvalue weighted by Crippen LogP contribution is -2.74. The van der Waals surface area contributed by atoms with Crippen LogP contribution in [0.5, 0.6) is 0 Å². The number of nitrogens with zero attached hydrogens (tertiary/aromatic N) is 1. The molecule has 3 rings (SSSR count). The summed E-state index contributed by atoms with van der Waals surface area (Å²) in [7, 11) is 0. The molecule has 0 saturated heterocycles. The monoisotopic (exact) mass is 250 g/mol. The number of aryl methyl sites for hydroxylation is 2. The first kappa shape index (κ1) is 11.2. The second-order valence-corrected chi connectivity index (χ2v) is 6.02. The smallest absolute Gasteiger partial charge is 0.277 e. The fraction of sp³-hybridized carbons (Fsp3) is 0.692. The average Bonchev–Trinajstić information content (AvgIpc) is 2.57. The minimum atomic E-state index is 1.10. The molecule has 1 aromatic rings. The summed E-state index contributed by atoms with van der Waals surface area (Å²) in [4.78, 5) is 9.71. The molecule has 17 heavy (non-hydrogen) atoms. The summed E-state index contributed by atoms with van der Waals surface area (Å²) in [6.07, 6.45) is 10.1. The van der Waals surface area contributed by atoms with Gasteiger partial charge in [-0.2, -0.15) is 0 Å². The molecule has 0 fully saturated rings. The minimum Gasteiger partial charge on any atom is -0.278 e. The predicted octanol–water partition coefficient (Wildman–Crippen LogP) is 1.49. The van der Waals surface area contributed by atoms with Crippen LogP contribution >= 0.6 is 11.3 Å². The fourth-order valence-electron chi connectivity index (χ4n) is 2.57. The van der Waals surface area contributed by atoms with Crippen LogP contribution in [-0.4, -0.2) is 17.4 Å². The van der Waals surface area contributed by atoms with Gasteiger partial charge in [-0.25, -0.2) is 10.3 Å². The number of fused-ring (bicyclic) bond motifs is 1. The number of thiazole rings is 1. The molecular weight excluding hydrogens is 230 g/mol. The summed E-state index contributed by atoms with van der Waals surface area (Å²) >= 11 is 1.85. The van der Waals surface area contributed by atoms with Gasteiger partial charge in [-0.1, -0.05) is 11.3 Å². The van der Waals surface area contributed by atoms with Gasteiger partial charge in [-0.05, 0) is 44.9 Å². The van der Waals surface area contributed by atoms with Gasteiger partial charge >= 0.3 is 0 Å². The summed E-state index contributed by atoms with van der Waals surface area (Å²) < 4.78 is 0. The summed E-state index contributed by atoms with van der Waals surface area (Å²) in [5, 5.41) is 4.59. The second-order valence-electron chi connectivity index (χ2n) is 4.94. The number of nitrogens with one attached hydrogen (secondary N) is 2. The van der Waals surface area contributed by atoms with Crippen molar-refractivity contribution in [3.05, 3.63) is 10.6 Å². The first-order valence-electron chi connectivity index (χ1n) is 6.77. The van der Waals surface area contributed by atoms with E-state index in [9.17, 15) is 0 Å². The van der Waals surface area contributed by atoms with E-state index in [1.807, 2.05) is 11.3 Å². The summed E-state index contributed by atoms with van der Waals surface area (Å²) in [5.41, 5.74) is 1.35. The predicted molar refractivity (Wildman–Crippen MR) is 71.7 cm³/mol. The molecule has 2 N–H and O–H groups in total. The molecule has 0 bridgehead atoms. The highest BCUT2D eigenvalue weighted by Gasteiger charge is 2.19. The second kappa shape index (κ2) is 5.17. The van der Waals surface area contributed by atoms with Gasteiger partial charge in [-0.3, -0.25) is 4.99 Å². The molecular formula is C13H20N3S+. The van der Waals surface area contributed by atoms with E-state index >= 15 is 0 Å². The van der Waals surface area contributed by atoms with Gasteiger partial charge in [0.2, 0.25) is 5.84 Å². The topological polar surface area (TPSA) is 38.9 Å². The van der Waals surface area contributed by atoms with E-state index in [1.54, 1.807) is 0 Å². The molecule has 1 aromatic heterocycles. The Kier molecular flexibility index (Phi) is 3.41. The summed E-state index contributed by atoms with van der Waals surface area (Å²) in [6, 6.07) is 0. The third-order valence-corrected chi connectivity index (χ3v) is 4.62. The van der Waals surface area contributed by atoms with Crippen LogP contribution in [0.15, 0.2) is 0 Å². The Bertz CT molecular complexity index is 399. The van der Waals surface area contributed by atoms with E-state index in [0.717, 1.165) is 18.1 Å². The van der Waals surface area contributed by atoms with Crippen LogP contribution in [-0.2, 0) is 12.8 Å². The Morgan fingerprint density at radius 2 is 1.88 bits per heavy atom. The molecule has 3 nitrogen and oxygen atoms in total. The molecule has 0 amide bonds. The van der Waals surface area contributed by atoms with Crippen LogP contribution in [0.4, 0.5) is 5.13 Å². The van der Waals surface area contributed by atoms with Gasteiger partial charge in [0.1, 0.15) is 0 Å². The molecule has 0 saturated carbocycles. The van der Waals surface area contributed by atoms with Crippen molar-refractivity contribution in [2.45, 2.75) is 51.4 Å². The maximum Gasteiger partial charge on any atom is 0.277 e. The van der Waals surface area contributed by atoms with Crippen molar-refractivity contribution in [1.29, 1.82) is 0 Å². The van der Waals surface area contributed by atoms with Crippen LogP contribution in [0.25, 0.3) is 0 Å². The summed E-state index contributed by atoms with van der Waals surface area (Å²) in [5.74, 6) is 1.27. The van der Waals surface area contributed by atoms with Gasteiger partial charge in [0.15, 0.2) is 0 Å². The normalized spacial score (nSPS) is 20.4. The minimum absolute atomic E-state index is 1.10. The van der Waals surface area contributed by atoms with Crippen molar-refractivity contribution < 1.29 is 4.99 Å². The zero-order valence-corrected chi connectivity index (χ0v) is 11.0. The first-order chi connectivity index (χ1) is 8.42. The largest absolute Gasteiger partial charge is 0.278 e. The van der Waals surface area contributed by atoms with Crippen molar-refractivity contribution in [3.8, 4) is 0 Å². The number of hydrogen-bond donors (Lipinski definition) is 2. The van der Waals surface area contributed by atoms with Crippen molar-refractivity contribution in [3.63, 3.8) is 0 Å². The quantitative estimate of drug-likeness (QED) is 0.792. The molecule has 92 valence electrons. The molecule has 0 spiro atoms. The van der Waals surface area contributed by atoms with E-state index in [1.165, 1.54) is 61.4 Å². The van der Waals surface area contributed by atoms with Crippen molar-refractivity contribution >= 4 is 22.3 Å². The van der Waals surface area contributed by atoms with Gasteiger partial charge in [-0.15, -0.1) is 0 Å². The number of amidine groups is 1. The van der Waals surface area contributed by atoms with Gasteiger partial charge in [0.05, 0.1) is 12.2 Å². The highest BCUT2D eigenvalue weighted by atomic mass is 32.1. The lowest BCUT2D eigenvalue weighted by Gasteiger charge is -2.06. The Morgan fingerprint density at radius 1 is 1.00 bits per heavy atom. The Morgan fingerprint density at radius 3 is 2.82 bits per heavy atom. The molecule has 0 atom stereocenters. The maximum atomic E-state index is 4.72. The van der Waals surface area contributed by atoms with E-state index in [2.05, 4.69) is 10.3 Å².